The number of aliphatic imine (C=N–C) groups is 2. The van der Waals surface area contributed by atoms with E-state index in [1.807, 2.05) is 36.1 Å². The second-order valence-electron chi connectivity index (χ2n) is 7.89. The summed E-state index contributed by atoms with van der Waals surface area (Å²) in [5, 5.41) is 4.07. The molecule has 0 atom stereocenters. The first-order valence-corrected chi connectivity index (χ1v) is 11.5. The average Bonchev–Trinajstić information content (AvgIpc) is 3.09. The maximum Gasteiger partial charge on any atom is 0.321 e. The third kappa shape index (κ3) is 4.29. The Morgan fingerprint density at radius 1 is 1.07 bits per heavy atom. The van der Waals surface area contributed by atoms with Crippen molar-refractivity contribution in [1.29, 1.82) is 0 Å². The van der Waals surface area contributed by atoms with E-state index < -0.39 is 5.66 Å². The van der Waals surface area contributed by atoms with Crippen LogP contribution in [-0.4, -0.2) is 46.2 Å². The van der Waals surface area contributed by atoms with Crippen molar-refractivity contribution < 1.29 is 4.79 Å². The zero-order valence-corrected chi connectivity index (χ0v) is 18.6. The van der Waals surface area contributed by atoms with Crippen LogP contribution in [0.25, 0.3) is 0 Å². The molecule has 156 valence electrons. The van der Waals surface area contributed by atoms with Gasteiger partial charge >= 0.3 is 6.03 Å². The number of thioether (sulfide) groups is 1. The van der Waals surface area contributed by atoms with Crippen molar-refractivity contribution in [2.45, 2.75) is 39.3 Å². The van der Waals surface area contributed by atoms with Crippen LogP contribution in [-0.2, 0) is 0 Å². The van der Waals surface area contributed by atoms with E-state index in [4.69, 9.17) is 9.98 Å². The van der Waals surface area contributed by atoms with Crippen LogP contribution in [0.2, 0.25) is 0 Å². The first-order valence-electron chi connectivity index (χ1n) is 10.5. The molecule has 0 aliphatic carbocycles. The number of hydrogen-bond donors (Lipinski definition) is 1. The maximum absolute atomic E-state index is 12.7. The molecule has 5 nitrogen and oxygen atoms in total. The number of rotatable bonds is 3. The van der Waals surface area contributed by atoms with Crippen LogP contribution in [0.15, 0.2) is 58.5 Å². The standard InChI is InChI=1S/C24H28N4OS/c1-4-30-22-21(19-11-9-17(2)10-12-19)26-24(27-22)13-15-28(16-14-24)23(29)25-20-8-6-5-7-18(20)3/h5-12H,4,13-16H2,1-3H3,(H,25,29). The number of para-hydroxylation sites is 1. The number of aryl methyl sites for hydroxylation is 2. The van der Waals surface area contributed by atoms with Crippen molar-refractivity contribution in [2.75, 3.05) is 24.2 Å². The van der Waals surface area contributed by atoms with Gasteiger partial charge in [0, 0.05) is 37.2 Å². The molecule has 1 fully saturated rings. The lowest BCUT2D eigenvalue weighted by Crippen LogP contribution is -2.46. The SMILES string of the molecule is CCSC1=NC2(CCN(C(=O)Nc3ccccc3C)CC2)N=C1c1ccc(C)cc1. The summed E-state index contributed by atoms with van der Waals surface area (Å²) in [4.78, 5) is 24.8. The largest absolute Gasteiger partial charge is 0.324 e. The van der Waals surface area contributed by atoms with Crippen molar-refractivity contribution in [3.8, 4) is 0 Å². The number of anilines is 1. The Hall–Kier alpha value is -2.60. The topological polar surface area (TPSA) is 57.1 Å². The van der Waals surface area contributed by atoms with Gasteiger partial charge in [-0.1, -0.05) is 55.0 Å². The second kappa shape index (κ2) is 8.64. The van der Waals surface area contributed by atoms with Crippen LogP contribution in [0.5, 0.6) is 0 Å². The smallest absolute Gasteiger partial charge is 0.321 e. The summed E-state index contributed by atoms with van der Waals surface area (Å²) in [6.45, 7) is 7.53. The van der Waals surface area contributed by atoms with Gasteiger partial charge in [-0.05, 0) is 31.2 Å². The Kier molecular flexibility index (Phi) is 5.95. The Morgan fingerprint density at radius 3 is 2.43 bits per heavy atom. The van der Waals surface area contributed by atoms with E-state index >= 15 is 0 Å². The molecule has 1 saturated heterocycles. The van der Waals surface area contributed by atoms with Crippen LogP contribution in [0.4, 0.5) is 10.5 Å². The molecule has 2 amide bonds. The highest BCUT2D eigenvalue weighted by Gasteiger charge is 2.40. The molecule has 4 rings (SSSR count). The Balaban J connectivity index is 1.48. The molecule has 0 bridgehead atoms. The summed E-state index contributed by atoms with van der Waals surface area (Å²) in [7, 11) is 0. The highest BCUT2D eigenvalue weighted by atomic mass is 32.2. The molecule has 2 aliphatic heterocycles. The van der Waals surface area contributed by atoms with Crippen LogP contribution in [0.1, 0.15) is 36.5 Å². The average molecular weight is 421 g/mol. The van der Waals surface area contributed by atoms with Gasteiger partial charge in [0.15, 0.2) is 5.66 Å². The van der Waals surface area contributed by atoms with Crippen LogP contribution in [0.3, 0.4) is 0 Å². The summed E-state index contributed by atoms with van der Waals surface area (Å²) in [6.07, 6.45) is 1.49. The van der Waals surface area contributed by atoms with E-state index in [0.717, 1.165) is 46.2 Å². The fraction of sp³-hybridized carbons (Fsp3) is 0.375. The van der Waals surface area contributed by atoms with E-state index in [9.17, 15) is 4.79 Å². The number of carbonyl (C=O) groups excluding carboxylic acids is 1. The van der Waals surface area contributed by atoms with Crippen LogP contribution >= 0.6 is 11.8 Å². The quantitative estimate of drug-likeness (QED) is 0.734. The molecular weight excluding hydrogens is 392 g/mol. The molecule has 0 aromatic heterocycles. The summed E-state index contributed by atoms with van der Waals surface area (Å²) >= 11 is 1.75. The minimum absolute atomic E-state index is 0.0491. The molecule has 2 aromatic carbocycles. The van der Waals surface area contributed by atoms with Gasteiger partial charge in [0.25, 0.3) is 0 Å². The molecule has 2 heterocycles. The number of carbonyl (C=O) groups is 1. The number of urea groups is 1. The van der Waals surface area contributed by atoms with Gasteiger partial charge in [0.2, 0.25) is 0 Å². The Morgan fingerprint density at radius 2 is 1.77 bits per heavy atom. The fourth-order valence-electron chi connectivity index (χ4n) is 3.86. The number of hydrogen-bond acceptors (Lipinski definition) is 4. The minimum atomic E-state index is -0.433. The second-order valence-corrected chi connectivity index (χ2v) is 9.14. The van der Waals surface area contributed by atoms with Crippen molar-refractivity contribution >= 4 is 34.2 Å². The third-order valence-corrected chi connectivity index (χ3v) is 6.52. The zero-order chi connectivity index (χ0) is 21.1. The highest BCUT2D eigenvalue weighted by Crippen LogP contribution is 2.35. The summed E-state index contributed by atoms with van der Waals surface area (Å²) in [5.74, 6) is 0.963. The lowest BCUT2D eigenvalue weighted by atomic mass is 9.98. The molecule has 2 aromatic rings. The third-order valence-electron chi connectivity index (χ3n) is 5.68. The van der Waals surface area contributed by atoms with E-state index in [1.165, 1.54) is 5.56 Å². The number of nitrogens with one attached hydrogen (secondary N) is 1. The van der Waals surface area contributed by atoms with Crippen molar-refractivity contribution in [3.05, 3.63) is 65.2 Å². The van der Waals surface area contributed by atoms with Crippen LogP contribution in [0, 0.1) is 13.8 Å². The van der Waals surface area contributed by atoms with Gasteiger partial charge in [-0.25, -0.2) is 9.79 Å². The highest BCUT2D eigenvalue weighted by molar-refractivity contribution is 8.15. The first kappa shape index (κ1) is 20.7. The van der Waals surface area contributed by atoms with Crippen LogP contribution < -0.4 is 5.32 Å². The normalized spacial score (nSPS) is 17.6. The van der Waals surface area contributed by atoms with Crippen molar-refractivity contribution in [2.24, 2.45) is 9.98 Å². The number of piperidine rings is 1. The van der Waals surface area contributed by atoms with Gasteiger partial charge in [-0.15, -0.1) is 11.8 Å². The van der Waals surface area contributed by atoms with E-state index in [0.29, 0.717) is 13.1 Å². The van der Waals surface area contributed by atoms with Gasteiger partial charge in [-0.3, -0.25) is 4.99 Å². The summed E-state index contributed by atoms with van der Waals surface area (Å²) in [6, 6.07) is 16.3. The molecule has 30 heavy (non-hydrogen) atoms. The van der Waals surface area contributed by atoms with Gasteiger partial charge in [0.05, 0.1) is 5.71 Å². The monoisotopic (exact) mass is 420 g/mol. The Labute approximate surface area is 182 Å². The zero-order valence-electron chi connectivity index (χ0n) is 17.8. The number of nitrogens with zero attached hydrogens (tertiary/aromatic N) is 3. The predicted molar refractivity (Wildman–Crippen MR) is 127 cm³/mol. The van der Waals surface area contributed by atoms with E-state index in [-0.39, 0.29) is 6.03 Å². The summed E-state index contributed by atoms with van der Waals surface area (Å²) < 4.78 is 0. The molecular formula is C24H28N4OS. The van der Waals surface area contributed by atoms with Gasteiger partial charge in [-0.2, -0.15) is 0 Å². The van der Waals surface area contributed by atoms with Crippen molar-refractivity contribution in [1.82, 2.24) is 4.90 Å². The predicted octanol–water partition coefficient (Wildman–Crippen LogP) is 5.28. The van der Waals surface area contributed by atoms with Gasteiger partial charge < -0.3 is 10.2 Å². The number of amides is 2. The molecule has 0 radical (unpaired) electrons. The number of benzene rings is 2. The lowest BCUT2D eigenvalue weighted by Gasteiger charge is -2.35. The maximum atomic E-state index is 12.7. The van der Waals surface area contributed by atoms with Gasteiger partial charge in [0.1, 0.15) is 5.04 Å². The van der Waals surface area contributed by atoms with E-state index in [1.54, 1.807) is 11.8 Å². The Bertz CT molecular complexity index is 989. The summed E-state index contributed by atoms with van der Waals surface area (Å²) in [5.41, 5.74) is 4.85. The molecule has 1 spiro atoms. The first-order chi connectivity index (χ1) is 14.5. The molecule has 0 unspecified atom stereocenters. The minimum Gasteiger partial charge on any atom is -0.324 e. The molecule has 0 saturated carbocycles. The fourth-order valence-corrected chi connectivity index (χ4v) is 4.67. The molecule has 2 aliphatic rings. The lowest BCUT2D eigenvalue weighted by molar-refractivity contribution is 0.175. The van der Waals surface area contributed by atoms with E-state index in [2.05, 4.69) is 43.4 Å². The molecule has 6 heteroatoms. The number of likely N-dealkylation sites (tertiary alicyclic amines) is 1. The van der Waals surface area contributed by atoms with Crippen molar-refractivity contribution in [3.63, 3.8) is 0 Å². The molecule has 1 N–H and O–H groups in total.